The highest BCUT2D eigenvalue weighted by Gasteiger charge is 2.40. The molecular formula is C21H49NO6Si2. The van der Waals surface area contributed by atoms with Crippen LogP contribution in [-0.4, -0.2) is 70.3 Å². The van der Waals surface area contributed by atoms with Crippen LogP contribution in [0.4, 0.5) is 0 Å². The standard InChI is InChI=1S/C21H49NO6Si2/c1-7-23-29(24-8-2,25-9-3)20-16-14-13-15-18-22-19-17-21-30(26-10-4,27-11-5)28-12-6/h22H,7-21H2,1-6H3. The molecule has 0 aromatic carbocycles. The molecule has 0 heterocycles. The normalized spacial score (nSPS) is 12.6. The molecule has 9 heteroatoms. The molecule has 0 fully saturated rings. The Morgan fingerprint density at radius 3 is 1.17 bits per heavy atom. The molecule has 182 valence electrons. The van der Waals surface area contributed by atoms with Crippen molar-refractivity contribution in [2.45, 2.75) is 85.7 Å². The average molecular weight is 468 g/mol. The van der Waals surface area contributed by atoms with Gasteiger partial charge in [0, 0.05) is 51.7 Å². The fraction of sp³-hybridized carbons (Fsp3) is 1.00. The van der Waals surface area contributed by atoms with Crippen LogP contribution in [-0.2, 0) is 26.6 Å². The second-order valence-electron chi connectivity index (χ2n) is 6.98. The number of rotatable bonds is 23. The summed E-state index contributed by atoms with van der Waals surface area (Å²) in [5.74, 6) is 0. The number of hydrogen-bond donors (Lipinski definition) is 1. The minimum absolute atomic E-state index is 0.639. The van der Waals surface area contributed by atoms with Crippen molar-refractivity contribution >= 4 is 17.6 Å². The first-order chi connectivity index (χ1) is 14.6. The van der Waals surface area contributed by atoms with Crippen molar-refractivity contribution in [3.8, 4) is 0 Å². The van der Waals surface area contributed by atoms with Crippen molar-refractivity contribution in [1.82, 2.24) is 5.32 Å². The molecule has 0 bridgehead atoms. The summed E-state index contributed by atoms with van der Waals surface area (Å²) in [5, 5.41) is 3.54. The zero-order chi connectivity index (χ0) is 22.6. The molecule has 0 aliphatic rings. The van der Waals surface area contributed by atoms with Crippen molar-refractivity contribution in [1.29, 1.82) is 0 Å². The van der Waals surface area contributed by atoms with Crippen molar-refractivity contribution in [3.63, 3.8) is 0 Å². The third kappa shape index (κ3) is 13.5. The molecule has 7 nitrogen and oxygen atoms in total. The van der Waals surface area contributed by atoms with Gasteiger partial charge in [-0.3, -0.25) is 0 Å². The van der Waals surface area contributed by atoms with Gasteiger partial charge in [-0.25, -0.2) is 0 Å². The van der Waals surface area contributed by atoms with E-state index >= 15 is 0 Å². The van der Waals surface area contributed by atoms with Crippen molar-refractivity contribution in [3.05, 3.63) is 0 Å². The van der Waals surface area contributed by atoms with Gasteiger partial charge < -0.3 is 31.9 Å². The Morgan fingerprint density at radius 1 is 0.433 bits per heavy atom. The van der Waals surface area contributed by atoms with E-state index in [1.807, 2.05) is 41.5 Å². The van der Waals surface area contributed by atoms with Crippen LogP contribution in [0.15, 0.2) is 0 Å². The van der Waals surface area contributed by atoms with Gasteiger partial charge in [0.2, 0.25) is 0 Å². The maximum Gasteiger partial charge on any atom is 0.500 e. The van der Waals surface area contributed by atoms with Crippen LogP contribution < -0.4 is 5.32 Å². The highest BCUT2D eigenvalue weighted by Crippen LogP contribution is 2.20. The summed E-state index contributed by atoms with van der Waals surface area (Å²) in [6.07, 6.45) is 5.67. The monoisotopic (exact) mass is 467 g/mol. The second kappa shape index (κ2) is 19.8. The molecule has 1 N–H and O–H groups in total. The van der Waals surface area contributed by atoms with E-state index in [1.54, 1.807) is 0 Å². The number of hydrogen-bond acceptors (Lipinski definition) is 7. The van der Waals surface area contributed by atoms with Gasteiger partial charge in [-0.05, 0) is 73.9 Å². The number of nitrogens with one attached hydrogen (secondary N) is 1. The Morgan fingerprint density at radius 2 is 0.767 bits per heavy atom. The van der Waals surface area contributed by atoms with E-state index in [0.29, 0.717) is 39.6 Å². The molecule has 0 rings (SSSR count). The third-order valence-electron chi connectivity index (χ3n) is 4.61. The minimum Gasteiger partial charge on any atom is -0.374 e. The predicted molar refractivity (Wildman–Crippen MR) is 127 cm³/mol. The third-order valence-corrected chi connectivity index (χ3v) is 10.9. The van der Waals surface area contributed by atoms with Crippen LogP contribution in [0, 0.1) is 0 Å². The van der Waals surface area contributed by atoms with E-state index in [2.05, 4.69) is 5.32 Å². The molecule has 0 aromatic rings. The van der Waals surface area contributed by atoms with Gasteiger partial charge in [-0.2, -0.15) is 0 Å². The summed E-state index contributed by atoms with van der Waals surface area (Å²) < 4.78 is 35.5. The van der Waals surface area contributed by atoms with E-state index in [1.165, 1.54) is 19.3 Å². The Kier molecular flexibility index (Phi) is 19.9. The highest BCUT2D eigenvalue weighted by molar-refractivity contribution is 6.61. The van der Waals surface area contributed by atoms with E-state index in [9.17, 15) is 0 Å². The summed E-state index contributed by atoms with van der Waals surface area (Å²) in [5.41, 5.74) is 0. The SMILES string of the molecule is CCO[Si](CCCCCCNCCC[Si](OCC)(OCC)OCC)(OCC)OCC. The maximum absolute atomic E-state index is 5.92. The summed E-state index contributed by atoms with van der Waals surface area (Å²) in [6, 6.07) is 1.78. The smallest absolute Gasteiger partial charge is 0.374 e. The van der Waals surface area contributed by atoms with Gasteiger partial charge in [0.15, 0.2) is 0 Å². The predicted octanol–water partition coefficient (Wildman–Crippen LogP) is 4.62. The van der Waals surface area contributed by atoms with Gasteiger partial charge in [0.1, 0.15) is 0 Å². The van der Waals surface area contributed by atoms with E-state index < -0.39 is 17.6 Å². The quantitative estimate of drug-likeness (QED) is 0.174. The van der Waals surface area contributed by atoms with Gasteiger partial charge in [0.05, 0.1) is 0 Å². The summed E-state index contributed by atoms with van der Waals surface area (Å²) in [6.45, 7) is 17.9. The largest absolute Gasteiger partial charge is 0.500 e. The Balaban J connectivity index is 3.97. The highest BCUT2D eigenvalue weighted by atomic mass is 28.4. The molecule has 0 amide bonds. The van der Waals surface area contributed by atoms with E-state index in [-0.39, 0.29) is 0 Å². The van der Waals surface area contributed by atoms with Gasteiger partial charge in [-0.15, -0.1) is 0 Å². The maximum atomic E-state index is 5.92. The van der Waals surface area contributed by atoms with Crippen LogP contribution >= 0.6 is 0 Å². The molecule has 0 atom stereocenters. The van der Waals surface area contributed by atoms with Crippen LogP contribution in [0.2, 0.25) is 12.1 Å². The van der Waals surface area contributed by atoms with Gasteiger partial charge in [-0.1, -0.05) is 12.8 Å². The van der Waals surface area contributed by atoms with Crippen LogP contribution in [0.3, 0.4) is 0 Å². The Labute approximate surface area is 188 Å². The second-order valence-corrected chi connectivity index (χ2v) is 12.4. The molecule has 0 saturated heterocycles. The molecule has 0 aliphatic heterocycles. The fourth-order valence-corrected chi connectivity index (χ4v) is 8.80. The summed E-state index contributed by atoms with van der Waals surface area (Å²) >= 11 is 0. The van der Waals surface area contributed by atoms with Crippen LogP contribution in [0.1, 0.15) is 73.6 Å². The van der Waals surface area contributed by atoms with Crippen molar-refractivity contribution < 1.29 is 26.6 Å². The van der Waals surface area contributed by atoms with Crippen molar-refractivity contribution in [2.75, 3.05) is 52.7 Å². The van der Waals surface area contributed by atoms with E-state index in [0.717, 1.165) is 38.0 Å². The molecule has 0 saturated carbocycles. The molecule has 0 unspecified atom stereocenters. The molecule has 0 aliphatic carbocycles. The lowest BCUT2D eigenvalue weighted by atomic mass is 10.2. The lowest BCUT2D eigenvalue weighted by Crippen LogP contribution is -2.46. The summed E-state index contributed by atoms with van der Waals surface area (Å²) in [7, 11) is -4.96. The zero-order valence-corrected chi connectivity index (χ0v) is 22.6. The average Bonchev–Trinajstić information content (AvgIpc) is 2.70. The Hall–Kier alpha value is 0.154. The first kappa shape index (κ1) is 30.2. The topological polar surface area (TPSA) is 67.4 Å². The molecule has 0 aromatic heterocycles. The van der Waals surface area contributed by atoms with Crippen molar-refractivity contribution in [2.24, 2.45) is 0 Å². The zero-order valence-electron chi connectivity index (χ0n) is 20.6. The van der Waals surface area contributed by atoms with Crippen LogP contribution in [0.5, 0.6) is 0 Å². The van der Waals surface area contributed by atoms with Gasteiger partial charge >= 0.3 is 17.6 Å². The fourth-order valence-electron chi connectivity index (χ4n) is 3.50. The lowest BCUT2D eigenvalue weighted by Gasteiger charge is -2.28. The lowest BCUT2D eigenvalue weighted by molar-refractivity contribution is 0.0698. The first-order valence-corrected chi connectivity index (χ1v) is 16.0. The summed E-state index contributed by atoms with van der Waals surface area (Å²) in [4.78, 5) is 0. The molecule has 0 spiro atoms. The van der Waals surface area contributed by atoms with Gasteiger partial charge in [0.25, 0.3) is 0 Å². The minimum atomic E-state index is -2.49. The van der Waals surface area contributed by atoms with E-state index in [4.69, 9.17) is 26.6 Å². The first-order valence-electron chi connectivity index (χ1n) is 12.1. The molecule has 30 heavy (non-hydrogen) atoms. The number of unbranched alkanes of at least 4 members (excludes halogenated alkanes) is 3. The Bertz CT molecular complexity index is 311. The molecular weight excluding hydrogens is 418 g/mol. The molecule has 0 radical (unpaired) electrons. The van der Waals surface area contributed by atoms with Crippen LogP contribution in [0.25, 0.3) is 0 Å².